The first kappa shape index (κ1) is 47.5. The van der Waals surface area contributed by atoms with Gasteiger partial charge in [0.25, 0.3) is 0 Å². The molecule has 0 radical (unpaired) electrons. The van der Waals surface area contributed by atoms with E-state index in [4.69, 9.17) is 14.7 Å². The van der Waals surface area contributed by atoms with E-state index in [0.717, 1.165) is 124 Å². The number of hydrogen-bond acceptors (Lipinski definition) is 4. The number of H-pyrrole nitrogens is 2. The Bertz CT molecular complexity index is 2750. The second-order valence-electron chi connectivity index (χ2n) is 17.6. The molecule has 6 nitrogen and oxygen atoms in total. The summed E-state index contributed by atoms with van der Waals surface area (Å²) in [6.45, 7) is 23.1. The van der Waals surface area contributed by atoms with Crippen molar-refractivity contribution in [2.24, 2.45) is 0 Å². The minimum absolute atomic E-state index is 0.126. The maximum absolute atomic E-state index is 12.7. The number of ether oxygens (including phenoxy) is 1. The first-order valence-electron chi connectivity index (χ1n) is 25.4. The molecule has 0 unspecified atom stereocenters. The Kier molecular flexibility index (Phi) is 15.8. The molecule has 0 fully saturated rings. The van der Waals surface area contributed by atoms with Gasteiger partial charge in [-0.1, -0.05) is 129 Å². The van der Waals surface area contributed by atoms with Gasteiger partial charge in [0.2, 0.25) is 0 Å². The fourth-order valence-corrected chi connectivity index (χ4v) is 11.0. The van der Waals surface area contributed by atoms with Gasteiger partial charge in [-0.3, -0.25) is 4.79 Å². The van der Waals surface area contributed by atoms with Gasteiger partial charge in [-0.15, -0.1) is 0 Å². The Balaban J connectivity index is 1.84. The van der Waals surface area contributed by atoms with E-state index in [1.165, 1.54) is 88.9 Å². The number of aromatic nitrogens is 4. The van der Waals surface area contributed by atoms with Crippen LogP contribution in [0.2, 0.25) is 0 Å². The highest BCUT2D eigenvalue weighted by atomic mass is 16.5. The van der Waals surface area contributed by atoms with Crippen LogP contribution in [-0.4, -0.2) is 32.5 Å². The van der Waals surface area contributed by atoms with Gasteiger partial charge in [0.15, 0.2) is 0 Å². The Morgan fingerprint density at radius 3 is 1.25 bits per heavy atom. The fourth-order valence-electron chi connectivity index (χ4n) is 11.0. The molecule has 65 heavy (non-hydrogen) atoms. The zero-order valence-electron chi connectivity index (χ0n) is 41.3. The van der Waals surface area contributed by atoms with E-state index >= 15 is 0 Å². The largest absolute Gasteiger partial charge is 0.466 e. The highest BCUT2D eigenvalue weighted by Gasteiger charge is 2.31. The molecular formula is C59H74N4O2. The van der Waals surface area contributed by atoms with Gasteiger partial charge in [0.1, 0.15) is 0 Å². The summed E-state index contributed by atoms with van der Waals surface area (Å²) in [7, 11) is 0. The molecule has 6 heteroatoms. The summed E-state index contributed by atoms with van der Waals surface area (Å²) in [4.78, 5) is 33.1. The van der Waals surface area contributed by atoms with Gasteiger partial charge in [-0.2, -0.15) is 0 Å². The van der Waals surface area contributed by atoms with Crippen molar-refractivity contribution in [3.8, 4) is 22.3 Å². The number of benzene rings is 2. The van der Waals surface area contributed by atoms with Crippen LogP contribution < -0.4 is 0 Å². The monoisotopic (exact) mass is 871 g/mol. The molecule has 2 N–H and O–H groups in total. The minimum Gasteiger partial charge on any atom is -0.466 e. The zero-order valence-corrected chi connectivity index (χ0v) is 41.3. The van der Waals surface area contributed by atoms with Crippen LogP contribution in [0.5, 0.6) is 0 Å². The number of carbonyl (C=O) groups excluding carboxylic acids is 1. The standard InChI is InChI=1S/C59H74N4O2/c1-11-21-34-47-52-39(12-2)43(16-6)56(60-52)50(37-30-24-22-25-31-37)58-45(18-8)41(14-4)54(62-58)48(35-28-29-36-49(64)65-20-10)55-42(15-5)46(19-9)59(63-55)51(38-32-26-23-27-33-38)57-44(17-7)40(13-3)53(47)61-57/h22-27,30-33,60,62H,11-21,28-29,34-36H2,1-10H3. The summed E-state index contributed by atoms with van der Waals surface area (Å²) in [5.41, 5.74) is 27.3. The Hall–Kier alpha value is -5.49. The molecule has 0 atom stereocenters. The average Bonchev–Trinajstić information content (AvgIpc) is 4.10. The second-order valence-corrected chi connectivity index (χ2v) is 17.6. The predicted octanol–water partition coefficient (Wildman–Crippen LogP) is 16.0. The molecule has 8 bridgehead atoms. The van der Waals surface area contributed by atoms with Crippen LogP contribution >= 0.6 is 0 Å². The van der Waals surface area contributed by atoms with Gasteiger partial charge < -0.3 is 14.7 Å². The summed E-state index contributed by atoms with van der Waals surface area (Å²) < 4.78 is 5.39. The lowest BCUT2D eigenvalue weighted by atomic mass is 9.89. The van der Waals surface area contributed by atoms with Crippen LogP contribution in [0.3, 0.4) is 0 Å². The number of hydrogen-bond donors (Lipinski definition) is 2. The SMILES string of the molecule is CCCCc1c2nc(c(-c3ccccc3)c3nc(c(CCCCC(=O)OCC)c4[nH]c(c(CC)c4CC)c(-c4ccccc4)c4[nH]c1c(CC)c4CC)C(CC)=C3CC)C(CC)=C2CC. The second kappa shape index (κ2) is 21.7. The van der Waals surface area contributed by atoms with Gasteiger partial charge in [-0.25, -0.2) is 9.97 Å². The molecule has 0 saturated carbocycles. The molecule has 342 valence electrons. The molecule has 0 spiro atoms. The van der Waals surface area contributed by atoms with E-state index in [1.54, 1.807) is 0 Å². The zero-order chi connectivity index (χ0) is 46.2. The average molecular weight is 871 g/mol. The van der Waals surface area contributed by atoms with Crippen LogP contribution in [0.4, 0.5) is 0 Å². The highest BCUT2D eigenvalue weighted by Crippen LogP contribution is 2.48. The minimum atomic E-state index is -0.126. The topological polar surface area (TPSA) is 83.7 Å². The number of nitrogens with zero attached hydrogens (tertiary/aromatic N) is 2. The van der Waals surface area contributed by atoms with E-state index in [2.05, 4.69) is 133 Å². The third-order valence-electron chi connectivity index (χ3n) is 14.0. The third kappa shape index (κ3) is 8.95. The quantitative estimate of drug-likeness (QED) is 0.0639. The molecule has 5 heterocycles. The molecule has 7 rings (SSSR count). The van der Waals surface area contributed by atoms with Crippen molar-refractivity contribution in [1.82, 2.24) is 19.9 Å². The molecule has 3 aromatic heterocycles. The maximum Gasteiger partial charge on any atom is 0.305 e. The van der Waals surface area contributed by atoms with Crippen LogP contribution in [0.25, 0.3) is 66.6 Å². The molecule has 0 aliphatic carbocycles. The number of fused-ring (bicyclic) bond motifs is 8. The number of aromatic amines is 2. The molecule has 2 aliphatic heterocycles. The van der Waals surface area contributed by atoms with Crippen LogP contribution in [-0.2, 0) is 48.1 Å². The van der Waals surface area contributed by atoms with Crippen molar-refractivity contribution in [2.75, 3.05) is 6.61 Å². The van der Waals surface area contributed by atoms with E-state index < -0.39 is 0 Å². The van der Waals surface area contributed by atoms with Gasteiger partial charge in [-0.05, 0) is 146 Å². The van der Waals surface area contributed by atoms with Crippen molar-refractivity contribution < 1.29 is 9.53 Å². The van der Waals surface area contributed by atoms with Gasteiger partial charge >= 0.3 is 5.97 Å². The van der Waals surface area contributed by atoms with Gasteiger partial charge in [0.05, 0.1) is 40.4 Å². The lowest BCUT2D eigenvalue weighted by Crippen LogP contribution is -2.04. The van der Waals surface area contributed by atoms with E-state index in [-0.39, 0.29) is 5.97 Å². The lowest BCUT2D eigenvalue weighted by Gasteiger charge is -2.13. The molecule has 2 aromatic carbocycles. The lowest BCUT2D eigenvalue weighted by molar-refractivity contribution is -0.143. The summed E-state index contributed by atoms with van der Waals surface area (Å²) >= 11 is 0. The van der Waals surface area contributed by atoms with Crippen molar-refractivity contribution in [2.45, 2.75) is 166 Å². The number of rotatable bonds is 19. The molecule has 0 amide bonds. The smallest absolute Gasteiger partial charge is 0.305 e. The number of aryl methyl sites for hydroxylation is 6. The third-order valence-corrected chi connectivity index (χ3v) is 14.0. The summed E-state index contributed by atoms with van der Waals surface area (Å²) in [5, 5.41) is 0. The summed E-state index contributed by atoms with van der Waals surface area (Å²) in [6.07, 6.45) is 13.0. The van der Waals surface area contributed by atoms with Gasteiger partial charge in [0, 0.05) is 39.7 Å². The number of unbranched alkanes of at least 4 members (excludes halogenated alkanes) is 2. The van der Waals surface area contributed by atoms with E-state index in [9.17, 15) is 4.79 Å². The first-order chi connectivity index (χ1) is 31.8. The Labute approximate surface area is 389 Å². The molecular weight excluding hydrogens is 797 g/mol. The maximum atomic E-state index is 12.7. The van der Waals surface area contributed by atoms with E-state index in [1.807, 2.05) is 6.92 Å². The number of carbonyl (C=O) groups is 1. The van der Waals surface area contributed by atoms with E-state index in [0.29, 0.717) is 13.0 Å². The summed E-state index contributed by atoms with van der Waals surface area (Å²) in [6, 6.07) is 22.0. The number of allylic oxidation sites excluding steroid dienone is 4. The van der Waals surface area contributed by atoms with Crippen LogP contribution in [0, 0.1) is 0 Å². The number of esters is 1. The normalized spacial score (nSPS) is 12.8. The Morgan fingerprint density at radius 1 is 0.446 bits per heavy atom. The van der Waals surface area contributed by atoms with Crippen LogP contribution in [0.1, 0.15) is 183 Å². The summed E-state index contributed by atoms with van der Waals surface area (Å²) in [5.74, 6) is -0.126. The van der Waals surface area contributed by atoms with Crippen LogP contribution in [0.15, 0.2) is 60.7 Å². The number of nitrogens with one attached hydrogen (secondary N) is 2. The molecule has 5 aromatic rings. The molecule has 0 saturated heterocycles. The van der Waals surface area contributed by atoms with Crippen molar-refractivity contribution in [1.29, 1.82) is 0 Å². The van der Waals surface area contributed by atoms with Crippen molar-refractivity contribution in [3.05, 3.63) is 117 Å². The predicted molar refractivity (Wildman–Crippen MR) is 277 cm³/mol. The van der Waals surface area contributed by atoms with Crippen molar-refractivity contribution in [3.63, 3.8) is 0 Å². The fraction of sp³-hybridized carbons (Fsp3) is 0.441. The first-order valence-corrected chi connectivity index (χ1v) is 25.4. The Morgan fingerprint density at radius 2 is 0.846 bits per heavy atom. The highest BCUT2D eigenvalue weighted by molar-refractivity contribution is 6.05. The van der Waals surface area contributed by atoms with Crippen molar-refractivity contribution >= 4 is 50.3 Å². The molecule has 2 aliphatic rings.